The molecule has 10 aromatic carbocycles. The molecule has 0 aliphatic carbocycles. The van der Waals surface area contributed by atoms with E-state index in [1.165, 1.54) is 59.8 Å². The minimum Gasteiger partial charge on any atom is -0.310 e. The molecule has 272 valence electrons. The van der Waals surface area contributed by atoms with Crippen molar-refractivity contribution in [3.8, 4) is 0 Å². The summed E-state index contributed by atoms with van der Waals surface area (Å²) >= 11 is 0. The van der Waals surface area contributed by atoms with Gasteiger partial charge < -0.3 is 9.80 Å². The Morgan fingerprint density at radius 1 is 0.316 bits per heavy atom. The van der Waals surface area contributed by atoms with E-state index in [0.717, 1.165) is 50.8 Å². The number of rotatable bonds is 8. The average molecular weight is 731 g/mol. The Hall–Kier alpha value is -7.16. The highest BCUT2D eigenvalue weighted by molar-refractivity contribution is 6.35. The minimum absolute atomic E-state index is 1.02. The largest absolute Gasteiger partial charge is 0.310 e. The predicted molar refractivity (Wildman–Crippen MR) is 246 cm³/mol. The van der Waals surface area contributed by atoms with Gasteiger partial charge in [-0.25, -0.2) is 0 Å². The van der Waals surface area contributed by atoms with Gasteiger partial charge in [-0.3, -0.25) is 0 Å². The van der Waals surface area contributed by atoms with Crippen LogP contribution >= 0.6 is 0 Å². The minimum atomic E-state index is 1.02. The zero-order valence-corrected chi connectivity index (χ0v) is 32.5. The zero-order chi connectivity index (χ0) is 38.6. The van der Waals surface area contributed by atoms with Crippen LogP contribution in [0.25, 0.3) is 48.7 Å². The molecule has 0 bridgehead atoms. The maximum Gasteiger partial charge on any atom is 0.0540 e. The molecule has 0 radical (unpaired) electrons. The lowest BCUT2D eigenvalue weighted by atomic mass is 9.88. The Morgan fingerprint density at radius 2 is 0.649 bits per heavy atom. The average Bonchev–Trinajstić information content (AvgIpc) is 3.25. The molecule has 0 amide bonds. The number of aryl methyl sites for hydroxylation is 3. The molecule has 0 aliphatic rings. The maximum absolute atomic E-state index is 4.47. The molecule has 10 rings (SSSR count). The van der Waals surface area contributed by atoms with Gasteiger partial charge in [0, 0.05) is 33.5 Å². The summed E-state index contributed by atoms with van der Waals surface area (Å²) in [7, 11) is 0. The number of benzene rings is 10. The highest BCUT2D eigenvalue weighted by Gasteiger charge is 2.22. The molecule has 2 nitrogen and oxygen atoms in total. The summed E-state index contributed by atoms with van der Waals surface area (Å²) in [5.74, 6) is 0. The van der Waals surface area contributed by atoms with E-state index in [-0.39, 0.29) is 0 Å². The molecule has 0 saturated carbocycles. The zero-order valence-electron chi connectivity index (χ0n) is 32.5. The molecule has 0 unspecified atom stereocenters. The van der Waals surface area contributed by atoms with Gasteiger partial charge in [-0.2, -0.15) is 0 Å². The second-order valence-corrected chi connectivity index (χ2v) is 15.3. The quantitative estimate of drug-likeness (QED) is 0.113. The predicted octanol–water partition coefficient (Wildman–Crippen LogP) is 15.7. The van der Waals surface area contributed by atoms with Crippen molar-refractivity contribution in [2.75, 3.05) is 9.80 Å². The third-order valence-electron chi connectivity index (χ3n) is 11.6. The van der Waals surface area contributed by atoms with E-state index in [1.54, 1.807) is 0 Å². The summed E-state index contributed by atoms with van der Waals surface area (Å²) in [5, 5.41) is 10.1. The fraction of sp³-hybridized carbons (Fsp3) is 0.0545. The van der Waals surface area contributed by atoms with E-state index in [9.17, 15) is 0 Å². The van der Waals surface area contributed by atoms with Crippen LogP contribution in [0.4, 0.5) is 34.1 Å². The summed E-state index contributed by atoms with van der Waals surface area (Å²) < 4.78 is 0. The van der Waals surface area contributed by atoms with Crippen LogP contribution in [0.1, 0.15) is 27.8 Å². The van der Waals surface area contributed by atoms with Gasteiger partial charge in [-0.1, -0.05) is 151 Å². The lowest BCUT2D eigenvalue weighted by Gasteiger charge is -2.29. The van der Waals surface area contributed by atoms with Gasteiger partial charge in [-0.15, -0.1) is 0 Å². The fourth-order valence-corrected chi connectivity index (χ4v) is 8.62. The lowest BCUT2D eigenvalue weighted by molar-refractivity contribution is 1.29. The van der Waals surface area contributed by atoms with Crippen LogP contribution in [0.3, 0.4) is 0 Å². The molecule has 0 aromatic heterocycles. The maximum atomic E-state index is 4.47. The van der Waals surface area contributed by atoms with Crippen LogP contribution in [-0.4, -0.2) is 0 Å². The molecule has 0 atom stereocenters. The van der Waals surface area contributed by atoms with Crippen molar-refractivity contribution >= 4 is 82.8 Å². The third kappa shape index (κ3) is 5.89. The van der Waals surface area contributed by atoms with Gasteiger partial charge in [0.15, 0.2) is 0 Å². The first-order valence-corrected chi connectivity index (χ1v) is 19.7. The molecule has 10 aromatic rings. The highest BCUT2D eigenvalue weighted by Crippen LogP contribution is 2.49. The molecule has 0 fully saturated rings. The fourth-order valence-electron chi connectivity index (χ4n) is 8.62. The smallest absolute Gasteiger partial charge is 0.0540 e. The topological polar surface area (TPSA) is 6.48 Å². The van der Waals surface area contributed by atoms with Gasteiger partial charge in [0.1, 0.15) is 0 Å². The summed E-state index contributed by atoms with van der Waals surface area (Å²) in [5.41, 5.74) is 13.8. The van der Waals surface area contributed by atoms with Gasteiger partial charge in [0.25, 0.3) is 0 Å². The standard InChI is InChI=1S/C55H42N2/c1-36-16-22-40(23-17-36)39(4)41-24-30-45(31-25-41)57(44-28-20-38(3)21-29-44)53-35-33-49-46-12-8-14-50-52(34-32-48(54(46)50)47-13-9-15-51(53)55(47)49)56(42-10-6-5-7-11-42)43-26-18-37(2)19-27-43/h5-35H,4H2,1-3H3. The van der Waals surface area contributed by atoms with Gasteiger partial charge in [0.05, 0.1) is 11.4 Å². The molecule has 0 spiro atoms. The monoisotopic (exact) mass is 730 g/mol. The van der Waals surface area contributed by atoms with Crippen molar-refractivity contribution in [3.05, 3.63) is 222 Å². The second-order valence-electron chi connectivity index (χ2n) is 15.3. The van der Waals surface area contributed by atoms with Crippen molar-refractivity contribution < 1.29 is 0 Å². The Bertz CT molecular complexity index is 3050. The number of fused-ring (bicyclic) bond motifs is 2. The molecular formula is C55H42N2. The molecule has 2 heteroatoms. The first-order valence-electron chi connectivity index (χ1n) is 19.7. The van der Waals surface area contributed by atoms with Crippen LogP contribution in [0.15, 0.2) is 195 Å². The van der Waals surface area contributed by atoms with Crippen molar-refractivity contribution in [1.29, 1.82) is 0 Å². The SMILES string of the molecule is C=C(c1ccc(C)cc1)c1ccc(N(c2ccc(C)cc2)c2ccc3c4cccc5c(N(c6ccccc6)c6ccc(C)cc6)ccc(c6cccc2c63)c54)cc1. The molecule has 0 heterocycles. The number of hydrogen-bond donors (Lipinski definition) is 0. The van der Waals surface area contributed by atoms with Gasteiger partial charge in [-0.05, 0) is 130 Å². The molecule has 0 N–H and O–H groups in total. The molecule has 57 heavy (non-hydrogen) atoms. The third-order valence-corrected chi connectivity index (χ3v) is 11.6. The summed E-state index contributed by atoms with van der Waals surface area (Å²) in [6.07, 6.45) is 0. The number of anilines is 6. The van der Waals surface area contributed by atoms with Crippen LogP contribution in [0.5, 0.6) is 0 Å². The molecule has 0 aliphatic heterocycles. The first kappa shape index (κ1) is 34.3. The molecule has 0 saturated heterocycles. The van der Waals surface area contributed by atoms with Gasteiger partial charge in [0.2, 0.25) is 0 Å². The Morgan fingerprint density at radius 3 is 1.09 bits per heavy atom. The van der Waals surface area contributed by atoms with Gasteiger partial charge >= 0.3 is 0 Å². The summed E-state index contributed by atoms with van der Waals surface area (Å²) in [6, 6.07) is 68.8. The van der Waals surface area contributed by atoms with Crippen molar-refractivity contribution in [2.24, 2.45) is 0 Å². The van der Waals surface area contributed by atoms with E-state index in [2.05, 4.69) is 225 Å². The van der Waals surface area contributed by atoms with E-state index < -0.39 is 0 Å². The van der Waals surface area contributed by atoms with E-state index in [1.807, 2.05) is 0 Å². The van der Waals surface area contributed by atoms with Crippen LogP contribution in [0.2, 0.25) is 0 Å². The normalized spacial score (nSPS) is 11.5. The van der Waals surface area contributed by atoms with Crippen LogP contribution in [-0.2, 0) is 0 Å². The van der Waals surface area contributed by atoms with Crippen molar-refractivity contribution in [1.82, 2.24) is 0 Å². The van der Waals surface area contributed by atoms with Crippen LogP contribution in [0, 0.1) is 20.8 Å². The van der Waals surface area contributed by atoms with Crippen molar-refractivity contribution in [3.63, 3.8) is 0 Å². The highest BCUT2D eigenvalue weighted by atomic mass is 15.1. The number of para-hydroxylation sites is 1. The second kappa shape index (κ2) is 13.8. The first-order chi connectivity index (χ1) is 27.9. The summed E-state index contributed by atoms with van der Waals surface area (Å²) in [4.78, 5) is 4.79. The molecular weight excluding hydrogens is 689 g/mol. The Balaban J connectivity index is 1.16. The Labute approximate surface area is 334 Å². The lowest BCUT2D eigenvalue weighted by Crippen LogP contribution is -2.11. The Kier molecular flexibility index (Phi) is 8.34. The van der Waals surface area contributed by atoms with E-state index in [0.29, 0.717) is 0 Å². The van der Waals surface area contributed by atoms with Crippen molar-refractivity contribution in [2.45, 2.75) is 20.8 Å². The van der Waals surface area contributed by atoms with E-state index in [4.69, 9.17) is 0 Å². The van der Waals surface area contributed by atoms with E-state index >= 15 is 0 Å². The number of hydrogen-bond acceptors (Lipinski definition) is 2. The van der Waals surface area contributed by atoms with Crippen LogP contribution < -0.4 is 9.80 Å². The number of nitrogens with zero attached hydrogens (tertiary/aromatic N) is 2. The summed E-state index contributed by atoms with van der Waals surface area (Å²) in [6.45, 7) is 10.9.